The Morgan fingerprint density at radius 3 is 2.47 bits per heavy atom. The minimum atomic E-state index is -1.63. The SMILES string of the molecule is CC(=O)OCC1O[C@H](Sc2cncc(C#C[Si](C)(C)C)c2)C(OC(C)=O)C(n2cc(-c3nc(Cl)cs3)nn2)[C@H]1OC(C)=O. The van der Waals surface area contributed by atoms with Gasteiger partial charge < -0.3 is 18.9 Å². The fraction of sp³-hybridized carbons (Fsp3) is 0.444. The molecule has 0 amide bonds. The van der Waals surface area contributed by atoms with Crippen LogP contribution in [-0.4, -0.2) is 81.3 Å². The van der Waals surface area contributed by atoms with Crippen LogP contribution in [0.1, 0.15) is 32.4 Å². The first-order valence-corrected chi connectivity index (χ1v) is 18.7. The lowest BCUT2D eigenvalue weighted by Crippen LogP contribution is -2.57. The predicted octanol–water partition coefficient (Wildman–Crippen LogP) is 4.16. The highest BCUT2D eigenvalue weighted by atomic mass is 35.5. The van der Waals surface area contributed by atoms with E-state index >= 15 is 0 Å². The molecule has 1 saturated heterocycles. The van der Waals surface area contributed by atoms with Crippen molar-refractivity contribution in [2.75, 3.05) is 6.61 Å². The van der Waals surface area contributed by atoms with Gasteiger partial charge in [-0.3, -0.25) is 19.4 Å². The first-order chi connectivity index (χ1) is 20.3. The van der Waals surface area contributed by atoms with Gasteiger partial charge in [0.25, 0.3) is 0 Å². The lowest BCUT2D eigenvalue weighted by atomic mass is 9.96. The highest BCUT2D eigenvalue weighted by Gasteiger charge is 2.52. The summed E-state index contributed by atoms with van der Waals surface area (Å²) in [5.41, 5.74) is 3.58. The standard InChI is InChI=1S/C27H30ClN5O7S2Si/c1-15(34)37-13-21-24(38-16(2)35)23(33-12-20(31-32-33)26-30-22(28)14-41-26)25(39-17(3)36)27(40-21)42-19-9-18(10-29-11-19)7-8-43(4,5)6/h9-12,14,21,23-25,27H,13H2,1-6H3/t21?,23?,24-,25?,27+/m0/s1. The second-order valence-corrected chi connectivity index (χ2v) is 17.7. The zero-order chi connectivity index (χ0) is 31.3. The number of ether oxygens (including phenoxy) is 4. The van der Waals surface area contributed by atoms with Crippen LogP contribution in [0.3, 0.4) is 0 Å². The molecule has 43 heavy (non-hydrogen) atoms. The van der Waals surface area contributed by atoms with Gasteiger partial charge in [0.15, 0.2) is 12.2 Å². The van der Waals surface area contributed by atoms with Gasteiger partial charge in [-0.25, -0.2) is 9.67 Å². The number of halogens is 1. The van der Waals surface area contributed by atoms with E-state index in [1.165, 1.54) is 48.6 Å². The molecule has 0 N–H and O–H groups in total. The summed E-state index contributed by atoms with van der Waals surface area (Å²) in [7, 11) is -1.63. The summed E-state index contributed by atoms with van der Waals surface area (Å²) >= 11 is 8.52. The van der Waals surface area contributed by atoms with Crippen molar-refractivity contribution in [2.45, 2.75) is 75.1 Å². The molecule has 3 unspecified atom stereocenters. The number of nitrogens with zero attached hydrogens (tertiary/aromatic N) is 5. The lowest BCUT2D eigenvalue weighted by Gasteiger charge is -2.44. The minimum absolute atomic E-state index is 0.239. The number of pyridine rings is 1. The molecule has 4 rings (SSSR count). The molecular formula is C27H30ClN5O7S2Si. The number of aromatic nitrogens is 5. The molecule has 12 nitrogen and oxygen atoms in total. The second-order valence-electron chi connectivity index (χ2n) is 10.6. The first kappa shape index (κ1) is 32.6. The van der Waals surface area contributed by atoms with E-state index in [4.69, 9.17) is 30.5 Å². The van der Waals surface area contributed by atoms with Crippen molar-refractivity contribution in [3.8, 4) is 22.2 Å². The molecule has 0 aliphatic carbocycles. The van der Waals surface area contributed by atoms with Crippen LogP contribution in [0.2, 0.25) is 24.8 Å². The molecule has 0 radical (unpaired) electrons. The van der Waals surface area contributed by atoms with Gasteiger partial charge >= 0.3 is 17.9 Å². The number of hydrogen-bond acceptors (Lipinski definition) is 13. The summed E-state index contributed by atoms with van der Waals surface area (Å²) in [6.07, 6.45) is 1.84. The summed E-state index contributed by atoms with van der Waals surface area (Å²) in [6.45, 7) is 9.97. The third kappa shape index (κ3) is 9.10. The molecule has 0 saturated carbocycles. The van der Waals surface area contributed by atoms with Gasteiger partial charge in [0.05, 0.1) is 6.20 Å². The van der Waals surface area contributed by atoms with Gasteiger partial charge in [0.2, 0.25) is 0 Å². The first-order valence-electron chi connectivity index (χ1n) is 13.1. The maximum atomic E-state index is 12.4. The van der Waals surface area contributed by atoms with Crippen molar-refractivity contribution in [3.05, 3.63) is 40.8 Å². The van der Waals surface area contributed by atoms with E-state index in [1.54, 1.807) is 24.0 Å². The van der Waals surface area contributed by atoms with Gasteiger partial charge in [-0.05, 0) is 6.07 Å². The molecule has 0 bridgehead atoms. The van der Waals surface area contributed by atoms with E-state index in [1.807, 2.05) is 6.07 Å². The lowest BCUT2D eigenvalue weighted by molar-refractivity contribution is -0.212. The number of rotatable bonds is 8. The normalized spacial score (nSPS) is 21.8. The molecule has 4 heterocycles. The van der Waals surface area contributed by atoms with Gasteiger partial charge in [-0.15, -0.1) is 22.0 Å². The van der Waals surface area contributed by atoms with Crippen LogP contribution in [0, 0.1) is 11.5 Å². The molecule has 228 valence electrons. The summed E-state index contributed by atoms with van der Waals surface area (Å²) in [6, 6.07) is 0.937. The Kier molecular flexibility index (Phi) is 10.6. The molecule has 3 aromatic heterocycles. The van der Waals surface area contributed by atoms with Crippen molar-refractivity contribution in [3.63, 3.8) is 0 Å². The Morgan fingerprint density at radius 2 is 1.84 bits per heavy atom. The number of carbonyl (C=O) groups is 3. The van der Waals surface area contributed by atoms with Crippen molar-refractivity contribution in [1.29, 1.82) is 0 Å². The van der Waals surface area contributed by atoms with E-state index in [2.05, 4.69) is 51.4 Å². The van der Waals surface area contributed by atoms with Crippen LogP contribution in [0.25, 0.3) is 10.7 Å². The summed E-state index contributed by atoms with van der Waals surface area (Å²) in [5.74, 6) is 1.43. The Labute approximate surface area is 262 Å². The van der Waals surface area contributed by atoms with E-state index in [9.17, 15) is 14.4 Å². The number of thiazole rings is 1. The van der Waals surface area contributed by atoms with E-state index < -0.39 is 55.8 Å². The van der Waals surface area contributed by atoms with E-state index in [-0.39, 0.29) is 6.61 Å². The largest absolute Gasteiger partial charge is 0.463 e. The fourth-order valence-electron chi connectivity index (χ4n) is 4.12. The number of thioether (sulfide) groups is 1. The molecular weight excluding hydrogens is 634 g/mol. The summed E-state index contributed by atoms with van der Waals surface area (Å²) in [4.78, 5) is 45.7. The molecule has 1 fully saturated rings. The van der Waals surface area contributed by atoms with Crippen LogP contribution in [0.4, 0.5) is 0 Å². The second kappa shape index (κ2) is 14.0. The van der Waals surface area contributed by atoms with Gasteiger partial charge in [0, 0.05) is 49.0 Å². The molecule has 5 atom stereocenters. The third-order valence-corrected chi connectivity index (χ3v) is 8.90. The average Bonchev–Trinajstić information content (AvgIpc) is 3.56. The molecule has 0 aromatic carbocycles. The number of carbonyl (C=O) groups excluding carboxylic acids is 3. The van der Waals surface area contributed by atoms with Crippen LogP contribution in [-0.2, 0) is 33.3 Å². The Morgan fingerprint density at radius 1 is 1.12 bits per heavy atom. The van der Waals surface area contributed by atoms with Gasteiger partial charge in [-0.2, -0.15) is 0 Å². The van der Waals surface area contributed by atoms with Crippen LogP contribution in [0.15, 0.2) is 34.9 Å². The van der Waals surface area contributed by atoms with Crippen LogP contribution in [0.5, 0.6) is 0 Å². The van der Waals surface area contributed by atoms with E-state index in [0.29, 0.717) is 20.8 Å². The highest BCUT2D eigenvalue weighted by Crippen LogP contribution is 2.41. The zero-order valence-corrected chi connectivity index (χ0v) is 27.7. The van der Waals surface area contributed by atoms with E-state index in [0.717, 1.165) is 5.56 Å². The Bertz CT molecular complexity index is 1550. The molecule has 0 spiro atoms. The van der Waals surface area contributed by atoms with Crippen LogP contribution >= 0.6 is 34.7 Å². The molecule has 16 heteroatoms. The quantitative estimate of drug-likeness (QED) is 0.148. The molecule has 3 aromatic rings. The maximum absolute atomic E-state index is 12.4. The monoisotopic (exact) mass is 663 g/mol. The maximum Gasteiger partial charge on any atom is 0.303 e. The minimum Gasteiger partial charge on any atom is -0.463 e. The van der Waals surface area contributed by atoms with Crippen molar-refractivity contribution >= 4 is 60.7 Å². The van der Waals surface area contributed by atoms with Gasteiger partial charge in [-0.1, -0.05) is 54.1 Å². The zero-order valence-electron chi connectivity index (χ0n) is 24.3. The molecule has 1 aliphatic rings. The topological polar surface area (TPSA) is 145 Å². The highest BCUT2D eigenvalue weighted by molar-refractivity contribution is 7.99. The van der Waals surface area contributed by atoms with Crippen LogP contribution < -0.4 is 0 Å². The van der Waals surface area contributed by atoms with Crippen molar-refractivity contribution in [2.24, 2.45) is 0 Å². The number of hydrogen-bond donors (Lipinski definition) is 0. The third-order valence-electron chi connectivity index (χ3n) is 5.73. The Hall–Kier alpha value is -3.29. The fourth-order valence-corrected chi connectivity index (χ4v) is 6.66. The van der Waals surface area contributed by atoms with Gasteiger partial charge in [0.1, 0.15) is 48.1 Å². The number of esters is 3. The average molecular weight is 664 g/mol. The smallest absolute Gasteiger partial charge is 0.303 e. The summed E-state index contributed by atoms with van der Waals surface area (Å²) in [5, 5.41) is 11.0. The summed E-state index contributed by atoms with van der Waals surface area (Å²) < 4.78 is 24.6. The van der Waals surface area contributed by atoms with Crippen molar-refractivity contribution in [1.82, 2.24) is 25.0 Å². The van der Waals surface area contributed by atoms with Crippen molar-refractivity contribution < 1.29 is 33.3 Å². The predicted molar refractivity (Wildman–Crippen MR) is 162 cm³/mol. The Balaban J connectivity index is 1.77. The molecule has 1 aliphatic heterocycles.